The topological polar surface area (TPSA) is 6.48 Å². The molecule has 1 aliphatic rings. The average Bonchev–Trinajstić information content (AvgIpc) is 3.40. The van der Waals surface area contributed by atoms with E-state index in [1.807, 2.05) is 0 Å². The third kappa shape index (κ3) is 8.53. The fourth-order valence-electron chi connectivity index (χ4n) is 9.38. The molecule has 318 valence electrons. The van der Waals surface area contributed by atoms with Crippen molar-refractivity contribution < 1.29 is 0 Å². The quantitative estimate of drug-likeness (QED) is 0.128. The van der Waals surface area contributed by atoms with Crippen LogP contribution in [0.5, 0.6) is 0 Å². The van der Waals surface area contributed by atoms with Gasteiger partial charge >= 0.3 is 0 Å². The number of hydrogen-bond donors (Lipinski definition) is 0. The highest BCUT2D eigenvalue weighted by Gasteiger charge is 2.20. The Morgan fingerprint density at radius 1 is 0.313 bits per heavy atom. The maximum Gasteiger partial charge on any atom is 0.0540 e. The summed E-state index contributed by atoms with van der Waals surface area (Å²) in [5.41, 5.74) is 19.4. The van der Waals surface area contributed by atoms with Crippen LogP contribution in [-0.4, -0.2) is 0 Å². The molecular formula is C65H48N2. The zero-order valence-electron chi connectivity index (χ0n) is 37.2. The second-order valence-corrected chi connectivity index (χ2v) is 17.1. The van der Waals surface area contributed by atoms with E-state index in [9.17, 15) is 0 Å². The molecule has 0 N–H and O–H groups in total. The van der Waals surface area contributed by atoms with Gasteiger partial charge in [0.15, 0.2) is 0 Å². The molecule has 0 heterocycles. The molecule has 0 fully saturated rings. The van der Waals surface area contributed by atoms with Gasteiger partial charge in [-0.15, -0.1) is 0 Å². The second kappa shape index (κ2) is 18.4. The zero-order valence-corrected chi connectivity index (χ0v) is 37.2. The lowest BCUT2D eigenvalue weighted by atomic mass is 9.96. The Balaban J connectivity index is 0.978. The highest BCUT2D eigenvalue weighted by molar-refractivity contribution is 6.05. The first-order chi connectivity index (χ1) is 33.1. The highest BCUT2D eigenvalue weighted by Crippen LogP contribution is 2.43. The third-order valence-electron chi connectivity index (χ3n) is 12.7. The molecule has 0 spiro atoms. The van der Waals surface area contributed by atoms with E-state index in [4.69, 9.17) is 0 Å². The van der Waals surface area contributed by atoms with Gasteiger partial charge in [0.05, 0.1) is 5.69 Å². The first kappa shape index (κ1) is 41.0. The molecule has 0 aromatic heterocycles. The van der Waals surface area contributed by atoms with E-state index >= 15 is 0 Å². The first-order valence-electron chi connectivity index (χ1n) is 23.0. The third-order valence-corrected chi connectivity index (χ3v) is 12.7. The maximum atomic E-state index is 4.36. The number of rotatable bonds is 11. The van der Waals surface area contributed by atoms with Gasteiger partial charge in [0.25, 0.3) is 0 Å². The van der Waals surface area contributed by atoms with Crippen LogP contribution in [0, 0.1) is 0 Å². The number of nitrogens with zero attached hydrogens (tertiary/aromatic N) is 2. The minimum absolute atomic E-state index is 0.850. The Hall–Kier alpha value is -8.72. The van der Waals surface area contributed by atoms with Crippen molar-refractivity contribution in [2.75, 3.05) is 9.80 Å². The minimum Gasteiger partial charge on any atom is -0.310 e. The molecule has 1 aliphatic carbocycles. The van der Waals surface area contributed by atoms with Crippen LogP contribution in [0.4, 0.5) is 28.4 Å². The van der Waals surface area contributed by atoms with Crippen LogP contribution in [-0.2, 0) is 0 Å². The van der Waals surface area contributed by atoms with Crippen LogP contribution in [0.25, 0.3) is 66.4 Å². The summed E-state index contributed by atoms with van der Waals surface area (Å²) in [5.74, 6) is 0. The molecule has 0 radical (unpaired) electrons. The van der Waals surface area contributed by atoms with E-state index in [-0.39, 0.29) is 0 Å². The van der Waals surface area contributed by atoms with E-state index in [2.05, 4.69) is 283 Å². The molecule has 0 bridgehead atoms. The van der Waals surface area contributed by atoms with Crippen LogP contribution in [0.15, 0.2) is 285 Å². The molecule has 2 heteroatoms. The van der Waals surface area contributed by atoms with Crippen molar-refractivity contribution in [2.45, 2.75) is 6.42 Å². The lowest BCUT2D eigenvalue weighted by Crippen LogP contribution is -2.17. The van der Waals surface area contributed by atoms with Gasteiger partial charge in [-0.25, -0.2) is 0 Å². The highest BCUT2D eigenvalue weighted by atomic mass is 15.2. The summed E-state index contributed by atoms with van der Waals surface area (Å²) in [6.45, 7) is 4.36. The van der Waals surface area contributed by atoms with E-state index in [1.54, 1.807) is 0 Å². The summed E-state index contributed by atoms with van der Waals surface area (Å²) in [7, 11) is 0. The Morgan fingerprint density at radius 3 is 1.19 bits per heavy atom. The SMILES string of the molecule is C=C1C=C(N(c2ccc(-c3ccc(N(c4ccc(-c5ccccc5)cc4)c4cc(-c5ccccc5)cc(-c5ccccc5)c4)cc3)cc2)c2ccc(-c3ccccc3)c3ccccc23)C=CC1. The Labute approximate surface area is 394 Å². The molecule has 2 nitrogen and oxygen atoms in total. The Bertz CT molecular complexity index is 3330. The summed E-state index contributed by atoms with van der Waals surface area (Å²) in [6, 6.07) is 89.7. The number of benzene rings is 10. The smallest absolute Gasteiger partial charge is 0.0540 e. The molecular weight excluding hydrogens is 809 g/mol. The lowest BCUT2D eigenvalue weighted by molar-refractivity contribution is 1.15. The molecule has 0 atom stereocenters. The van der Waals surface area contributed by atoms with E-state index in [0.29, 0.717) is 0 Å². The van der Waals surface area contributed by atoms with Crippen LogP contribution < -0.4 is 9.80 Å². The van der Waals surface area contributed by atoms with Gasteiger partial charge in [0.2, 0.25) is 0 Å². The maximum absolute atomic E-state index is 4.36. The number of fused-ring (bicyclic) bond motifs is 1. The molecule has 0 aliphatic heterocycles. The molecule has 11 rings (SSSR count). The van der Waals surface area contributed by atoms with Gasteiger partial charge in [-0.05, 0) is 146 Å². The summed E-state index contributed by atoms with van der Waals surface area (Å²) in [6.07, 6.45) is 7.50. The normalized spacial score (nSPS) is 12.2. The van der Waals surface area contributed by atoms with Crippen molar-refractivity contribution in [3.05, 3.63) is 285 Å². The van der Waals surface area contributed by atoms with Crippen LogP contribution >= 0.6 is 0 Å². The number of hydrogen-bond acceptors (Lipinski definition) is 2. The van der Waals surface area contributed by atoms with Gasteiger partial charge in [-0.1, -0.05) is 201 Å². The van der Waals surface area contributed by atoms with Crippen molar-refractivity contribution in [3.63, 3.8) is 0 Å². The van der Waals surface area contributed by atoms with Crippen LogP contribution in [0.1, 0.15) is 6.42 Å². The van der Waals surface area contributed by atoms with Gasteiger partial charge in [-0.3, -0.25) is 0 Å². The van der Waals surface area contributed by atoms with Crippen molar-refractivity contribution in [1.82, 2.24) is 0 Å². The zero-order chi connectivity index (χ0) is 44.9. The van der Waals surface area contributed by atoms with Gasteiger partial charge in [0.1, 0.15) is 0 Å². The van der Waals surface area contributed by atoms with Crippen LogP contribution in [0.2, 0.25) is 0 Å². The molecule has 10 aromatic rings. The number of allylic oxidation sites excluding steroid dienone is 4. The molecule has 0 unspecified atom stereocenters. The first-order valence-corrected chi connectivity index (χ1v) is 23.0. The molecule has 0 saturated carbocycles. The summed E-state index contributed by atoms with van der Waals surface area (Å²) >= 11 is 0. The van der Waals surface area contributed by atoms with Gasteiger partial charge in [-0.2, -0.15) is 0 Å². The van der Waals surface area contributed by atoms with Crippen molar-refractivity contribution >= 4 is 39.2 Å². The van der Waals surface area contributed by atoms with Crippen molar-refractivity contribution in [3.8, 4) is 55.6 Å². The monoisotopic (exact) mass is 856 g/mol. The fourth-order valence-corrected chi connectivity index (χ4v) is 9.38. The Kier molecular flexibility index (Phi) is 11.3. The second-order valence-electron chi connectivity index (χ2n) is 17.1. The lowest BCUT2D eigenvalue weighted by Gasteiger charge is -2.30. The summed E-state index contributed by atoms with van der Waals surface area (Å²) in [4.78, 5) is 4.75. The predicted molar refractivity (Wildman–Crippen MR) is 285 cm³/mol. The van der Waals surface area contributed by atoms with Crippen molar-refractivity contribution in [1.29, 1.82) is 0 Å². The minimum atomic E-state index is 0.850. The molecule has 10 aromatic carbocycles. The van der Waals surface area contributed by atoms with E-state index in [1.165, 1.54) is 44.2 Å². The van der Waals surface area contributed by atoms with E-state index < -0.39 is 0 Å². The van der Waals surface area contributed by atoms with E-state index in [0.717, 1.165) is 68.4 Å². The largest absolute Gasteiger partial charge is 0.310 e. The van der Waals surface area contributed by atoms with Crippen LogP contribution in [0.3, 0.4) is 0 Å². The standard InChI is InChI=1S/C65H48N2/c1-47-17-16-26-60(43-47)67(65-42-41-62(54-24-12-5-13-25-54)63-27-14-15-28-64(63)65)59-39-33-53(34-40-59)52-31-37-58(38-32-52)66(57-35-29-51(30-36-57)48-18-6-2-7-19-48)61-45-55(49-20-8-3-9-21-49)44-56(46-61)50-22-10-4-11-23-50/h2-16,18-46H,1,17H2. The van der Waals surface area contributed by atoms with Crippen molar-refractivity contribution in [2.24, 2.45) is 0 Å². The predicted octanol–water partition coefficient (Wildman–Crippen LogP) is 18.2. The fraction of sp³-hybridized carbons (Fsp3) is 0.0154. The average molecular weight is 857 g/mol. The van der Waals surface area contributed by atoms with Gasteiger partial charge in [0, 0.05) is 33.8 Å². The molecule has 0 amide bonds. The Morgan fingerprint density at radius 2 is 0.716 bits per heavy atom. The van der Waals surface area contributed by atoms with Gasteiger partial charge < -0.3 is 9.80 Å². The molecule has 0 saturated heterocycles. The molecule has 67 heavy (non-hydrogen) atoms. The summed E-state index contributed by atoms with van der Waals surface area (Å²) in [5, 5.41) is 2.41. The number of anilines is 5. The summed E-state index contributed by atoms with van der Waals surface area (Å²) < 4.78 is 0.